The van der Waals surface area contributed by atoms with E-state index >= 15 is 0 Å². The summed E-state index contributed by atoms with van der Waals surface area (Å²) in [4.78, 5) is 37.7. The fraction of sp³-hybridized carbons (Fsp3) is 0.585. The van der Waals surface area contributed by atoms with Crippen LogP contribution in [0.1, 0.15) is 130 Å². The minimum atomic E-state index is -0.879. The third-order valence-corrected chi connectivity index (χ3v) is 8.97. The maximum absolute atomic E-state index is 12.5. The molecule has 3 rings (SSSR count). The van der Waals surface area contributed by atoms with Gasteiger partial charge in [0.15, 0.2) is 23.9 Å². The number of aromatic nitrogens is 3. The van der Waals surface area contributed by atoms with Crippen LogP contribution in [-0.4, -0.2) is 62.5 Å². The Balaban J connectivity index is 1.51. The van der Waals surface area contributed by atoms with Crippen LogP contribution in [0.15, 0.2) is 36.4 Å². The van der Waals surface area contributed by atoms with Crippen LogP contribution in [0.2, 0.25) is 5.28 Å². The van der Waals surface area contributed by atoms with Crippen LogP contribution in [0, 0.1) is 0 Å². The zero-order valence-electron chi connectivity index (χ0n) is 31.9. The molecule has 53 heavy (non-hydrogen) atoms. The summed E-state index contributed by atoms with van der Waals surface area (Å²) in [6.45, 7) is 8.27. The molecule has 2 unspecified atom stereocenters. The van der Waals surface area contributed by atoms with Crippen molar-refractivity contribution in [1.82, 2.24) is 15.0 Å². The number of unbranched alkanes of at least 4 members (excludes halogenated alkanes) is 14. The molecule has 0 aliphatic carbocycles. The molecule has 12 heteroatoms. The van der Waals surface area contributed by atoms with Crippen molar-refractivity contribution < 1.29 is 38.7 Å². The van der Waals surface area contributed by atoms with Gasteiger partial charge in [-0.05, 0) is 62.6 Å². The van der Waals surface area contributed by atoms with E-state index in [9.17, 15) is 19.8 Å². The van der Waals surface area contributed by atoms with Crippen molar-refractivity contribution in [3.05, 3.63) is 41.7 Å². The molecular formula is C41H58ClN3O8. The summed E-state index contributed by atoms with van der Waals surface area (Å²) in [6, 6.07) is 8.90. The number of halogens is 1. The fourth-order valence-electron chi connectivity index (χ4n) is 5.70. The molecule has 1 heterocycles. The molecule has 0 spiro atoms. The lowest BCUT2D eigenvalue weighted by atomic mass is 10.1. The second-order valence-corrected chi connectivity index (χ2v) is 13.8. The molecule has 0 aliphatic rings. The maximum Gasteiger partial charge on any atom is 0.347 e. The van der Waals surface area contributed by atoms with E-state index in [-0.39, 0.29) is 51.1 Å². The van der Waals surface area contributed by atoms with E-state index in [1.165, 1.54) is 88.5 Å². The van der Waals surface area contributed by atoms with Crippen LogP contribution in [0.4, 0.5) is 0 Å². The number of hydrogen-bond donors (Lipinski definition) is 2. The van der Waals surface area contributed by atoms with Crippen LogP contribution in [0.25, 0.3) is 22.8 Å². The van der Waals surface area contributed by atoms with E-state index in [2.05, 4.69) is 28.8 Å². The van der Waals surface area contributed by atoms with Gasteiger partial charge in [-0.25, -0.2) is 14.6 Å². The van der Waals surface area contributed by atoms with Crippen LogP contribution in [0.5, 0.6) is 23.0 Å². The normalized spacial score (nSPS) is 12.2. The van der Waals surface area contributed by atoms with E-state index < -0.39 is 24.1 Å². The highest BCUT2D eigenvalue weighted by atomic mass is 35.5. The number of carbonyl (C=O) groups is 2. The average Bonchev–Trinajstić information content (AvgIpc) is 3.13. The Bertz CT molecular complexity index is 1450. The predicted molar refractivity (Wildman–Crippen MR) is 206 cm³/mol. The zero-order valence-corrected chi connectivity index (χ0v) is 32.7. The molecule has 3 aromatic rings. The Labute approximate surface area is 319 Å². The van der Waals surface area contributed by atoms with Crippen LogP contribution < -0.4 is 9.47 Å². The zero-order chi connectivity index (χ0) is 38.4. The highest BCUT2D eigenvalue weighted by molar-refractivity contribution is 6.28. The molecule has 292 valence electrons. The predicted octanol–water partition coefficient (Wildman–Crippen LogP) is 10.2. The van der Waals surface area contributed by atoms with E-state index in [0.29, 0.717) is 13.2 Å². The number of aromatic hydroxyl groups is 2. The SMILES string of the molecule is CCCCCCCCCCOC(=O)C(C)Oc1ccc(-c2nc(Cl)nc(-c3ccc(OC(C)C(=O)OCCCCCCCCCC)cc3O)n2)c(O)c1. The van der Waals surface area contributed by atoms with Crippen LogP contribution in [0.3, 0.4) is 0 Å². The first-order valence-corrected chi connectivity index (χ1v) is 19.8. The maximum atomic E-state index is 12.5. The summed E-state index contributed by atoms with van der Waals surface area (Å²) >= 11 is 6.24. The largest absolute Gasteiger partial charge is 0.507 e. The summed E-state index contributed by atoms with van der Waals surface area (Å²) in [5.41, 5.74) is 0.457. The standard InChI is InChI=1S/C41H58ClN3O8/c1-5-7-9-11-13-15-17-19-25-50-39(48)29(3)52-31-21-23-33(35(46)27-31)37-43-38(45-41(42)44-37)34-24-22-32(28-36(34)47)53-30(4)40(49)51-26-20-18-16-14-12-10-8-6-2/h21-24,27-30,46-47H,5-20,25-26H2,1-4H3. The van der Waals surface area contributed by atoms with Crippen molar-refractivity contribution in [3.63, 3.8) is 0 Å². The number of phenolic OH excluding ortho intramolecular Hbond substituents is 2. The van der Waals surface area contributed by atoms with Gasteiger partial charge in [-0.3, -0.25) is 0 Å². The number of rotatable bonds is 26. The van der Waals surface area contributed by atoms with Gasteiger partial charge in [0.25, 0.3) is 0 Å². The number of nitrogens with zero attached hydrogens (tertiary/aromatic N) is 3. The first-order valence-electron chi connectivity index (χ1n) is 19.4. The quantitative estimate of drug-likeness (QED) is 0.0595. The van der Waals surface area contributed by atoms with Gasteiger partial charge in [-0.2, -0.15) is 9.97 Å². The van der Waals surface area contributed by atoms with Crippen molar-refractivity contribution in [1.29, 1.82) is 0 Å². The lowest BCUT2D eigenvalue weighted by Gasteiger charge is -2.15. The molecule has 2 N–H and O–H groups in total. The Hall–Kier alpha value is -4.12. The number of ether oxygens (including phenoxy) is 4. The summed E-state index contributed by atoms with van der Waals surface area (Å²) in [5.74, 6) is -0.789. The first kappa shape index (κ1) is 43.3. The highest BCUT2D eigenvalue weighted by Gasteiger charge is 2.21. The van der Waals surface area contributed by atoms with Gasteiger partial charge >= 0.3 is 11.9 Å². The average molecular weight is 756 g/mol. The summed E-state index contributed by atoms with van der Waals surface area (Å²) in [5, 5.41) is 21.5. The Morgan fingerprint density at radius 2 is 0.943 bits per heavy atom. The summed E-state index contributed by atoms with van der Waals surface area (Å²) in [7, 11) is 0. The molecule has 0 radical (unpaired) electrons. The lowest BCUT2D eigenvalue weighted by Crippen LogP contribution is -2.26. The molecule has 1 aromatic heterocycles. The topological polar surface area (TPSA) is 150 Å². The molecule has 2 atom stereocenters. The molecule has 0 saturated carbocycles. The third kappa shape index (κ3) is 15.8. The molecular weight excluding hydrogens is 698 g/mol. The van der Waals surface area contributed by atoms with E-state index in [1.807, 2.05) is 0 Å². The molecule has 11 nitrogen and oxygen atoms in total. The summed E-state index contributed by atoms with van der Waals surface area (Å²) in [6.07, 6.45) is 16.6. The molecule has 2 aromatic carbocycles. The molecule has 0 saturated heterocycles. The molecule has 0 amide bonds. The minimum Gasteiger partial charge on any atom is -0.507 e. The third-order valence-electron chi connectivity index (χ3n) is 8.80. The number of esters is 2. The Morgan fingerprint density at radius 3 is 1.30 bits per heavy atom. The van der Waals surface area contributed by atoms with Gasteiger partial charge in [0.2, 0.25) is 5.28 Å². The van der Waals surface area contributed by atoms with Gasteiger partial charge in [0.05, 0.1) is 24.3 Å². The fourth-order valence-corrected chi connectivity index (χ4v) is 5.86. The van der Waals surface area contributed by atoms with Crippen molar-refractivity contribution >= 4 is 23.5 Å². The van der Waals surface area contributed by atoms with E-state index in [1.54, 1.807) is 26.0 Å². The van der Waals surface area contributed by atoms with Gasteiger partial charge in [-0.1, -0.05) is 104 Å². The highest BCUT2D eigenvalue weighted by Crippen LogP contribution is 2.35. The van der Waals surface area contributed by atoms with Crippen LogP contribution >= 0.6 is 11.6 Å². The van der Waals surface area contributed by atoms with Gasteiger partial charge in [0, 0.05) is 12.1 Å². The van der Waals surface area contributed by atoms with Crippen molar-refractivity contribution in [2.24, 2.45) is 0 Å². The number of carbonyl (C=O) groups excluding carboxylic acids is 2. The first-order chi connectivity index (χ1) is 25.6. The van der Waals surface area contributed by atoms with Gasteiger partial charge in [-0.15, -0.1) is 0 Å². The molecule has 0 bridgehead atoms. The molecule has 0 aliphatic heterocycles. The monoisotopic (exact) mass is 755 g/mol. The van der Waals surface area contributed by atoms with E-state index in [4.69, 9.17) is 30.5 Å². The Morgan fingerprint density at radius 1 is 0.585 bits per heavy atom. The lowest BCUT2D eigenvalue weighted by molar-refractivity contribution is -0.152. The number of phenols is 2. The number of benzene rings is 2. The molecule has 0 fully saturated rings. The van der Waals surface area contributed by atoms with Gasteiger partial charge in [0.1, 0.15) is 23.0 Å². The van der Waals surface area contributed by atoms with Crippen LogP contribution in [-0.2, 0) is 19.1 Å². The number of hydrogen-bond acceptors (Lipinski definition) is 11. The van der Waals surface area contributed by atoms with Gasteiger partial charge < -0.3 is 29.2 Å². The van der Waals surface area contributed by atoms with E-state index in [0.717, 1.165) is 38.5 Å². The second kappa shape index (κ2) is 24.2. The Kier molecular flexibility index (Phi) is 19.8. The van der Waals surface area contributed by atoms with Crippen molar-refractivity contribution in [3.8, 4) is 45.8 Å². The minimum absolute atomic E-state index is 0.0504. The van der Waals surface area contributed by atoms with Crippen molar-refractivity contribution in [2.45, 2.75) is 143 Å². The van der Waals surface area contributed by atoms with Crippen molar-refractivity contribution in [2.75, 3.05) is 13.2 Å². The smallest absolute Gasteiger partial charge is 0.347 e. The second-order valence-electron chi connectivity index (χ2n) is 13.4. The summed E-state index contributed by atoms with van der Waals surface area (Å²) < 4.78 is 22.2.